The maximum atomic E-state index is 12.6. The predicted octanol–water partition coefficient (Wildman–Crippen LogP) is 2.89. The molecule has 1 unspecified atom stereocenters. The number of nitrogens with zero attached hydrogens (tertiary/aromatic N) is 1. The fraction of sp³-hybridized carbons (Fsp3) is 0.538. The number of halogens is 3. The molecule has 1 aromatic carbocycles. The van der Waals surface area contributed by atoms with Crippen LogP contribution in [0.25, 0.3) is 0 Å². The number of alkyl halides is 3. The van der Waals surface area contributed by atoms with E-state index in [0.717, 1.165) is 32.0 Å². The van der Waals surface area contributed by atoms with Crippen LogP contribution in [0.1, 0.15) is 18.4 Å². The largest absolute Gasteiger partial charge is 0.416 e. The Morgan fingerprint density at radius 2 is 2.11 bits per heavy atom. The van der Waals surface area contributed by atoms with E-state index in [-0.39, 0.29) is 0 Å². The van der Waals surface area contributed by atoms with Gasteiger partial charge in [0.15, 0.2) is 0 Å². The highest BCUT2D eigenvalue weighted by Crippen LogP contribution is 2.32. The minimum atomic E-state index is -4.27. The van der Waals surface area contributed by atoms with Crippen LogP contribution in [0.2, 0.25) is 0 Å². The molecule has 0 spiro atoms. The molecule has 1 heterocycles. The van der Waals surface area contributed by atoms with E-state index in [2.05, 4.69) is 5.32 Å². The third-order valence-corrected chi connectivity index (χ3v) is 3.37. The first-order valence-electron chi connectivity index (χ1n) is 6.10. The van der Waals surface area contributed by atoms with Crippen LogP contribution in [-0.4, -0.2) is 26.2 Å². The molecule has 1 N–H and O–H groups in total. The van der Waals surface area contributed by atoms with E-state index in [1.165, 1.54) is 12.1 Å². The summed E-state index contributed by atoms with van der Waals surface area (Å²) >= 11 is 0. The zero-order valence-electron chi connectivity index (χ0n) is 10.3. The number of piperidine rings is 1. The standard InChI is InChI=1S/C13H17F3N2/c1-17-11-5-3-7-18(9-11)12-6-2-4-10(8-12)13(14,15)16/h2,4,6,8,11,17H,3,5,7,9H2,1H3. The number of nitrogens with one attached hydrogen (secondary N) is 1. The van der Waals surface area contributed by atoms with E-state index in [4.69, 9.17) is 0 Å². The molecule has 2 nitrogen and oxygen atoms in total. The molecule has 100 valence electrons. The monoisotopic (exact) mass is 258 g/mol. The minimum Gasteiger partial charge on any atom is -0.370 e. The summed E-state index contributed by atoms with van der Waals surface area (Å²) in [7, 11) is 1.89. The van der Waals surface area contributed by atoms with Crippen molar-refractivity contribution in [1.29, 1.82) is 0 Å². The molecule has 0 aromatic heterocycles. The van der Waals surface area contributed by atoms with Gasteiger partial charge in [-0.3, -0.25) is 0 Å². The van der Waals surface area contributed by atoms with E-state index in [1.54, 1.807) is 6.07 Å². The Labute approximate surface area is 105 Å². The number of benzene rings is 1. The Hall–Kier alpha value is -1.23. The van der Waals surface area contributed by atoms with Crippen LogP contribution in [0.4, 0.5) is 18.9 Å². The fourth-order valence-electron chi connectivity index (χ4n) is 2.33. The summed E-state index contributed by atoms with van der Waals surface area (Å²) in [6.45, 7) is 1.58. The second kappa shape index (κ2) is 5.18. The van der Waals surface area contributed by atoms with Gasteiger partial charge in [0, 0.05) is 24.8 Å². The van der Waals surface area contributed by atoms with Crippen molar-refractivity contribution in [3.63, 3.8) is 0 Å². The van der Waals surface area contributed by atoms with Crippen molar-refractivity contribution in [2.24, 2.45) is 0 Å². The Kier molecular flexibility index (Phi) is 3.80. The first kappa shape index (κ1) is 13.2. The van der Waals surface area contributed by atoms with Gasteiger partial charge < -0.3 is 10.2 Å². The van der Waals surface area contributed by atoms with Gasteiger partial charge in [-0.05, 0) is 38.1 Å². The second-order valence-corrected chi connectivity index (χ2v) is 4.62. The zero-order valence-corrected chi connectivity index (χ0v) is 10.3. The quantitative estimate of drug-likeness (QED) is 0.877. The maximum Gasteiger partial charge on any atom is 0.416 e. The zero-order chi connectivity index (χ0) is 13.2. The van der Waals surface area contributed by atoms with E-state index in [9.17, 15) is 13.2 Å². The summed E-state index contributed by atoms with van der Waals surface area (Å²) in [5.41, 5.74) is 0.0800. The van der Waals surface area contributed by atoms with Gasteiger partial charge in [0.05, 0.1) is 5.56 Å². The van der Waals surface area contributed by atoms with E-state index in [1.807, 2.05) is 11.9 Å². The van der Waals surface area contributed by atoms with Crippen molar-refractivity contribution < 1.29 is 13.2 Å². The molecule has 1 fully saturated rings. The van der Waals surface area contributed by atoms with Crippen LogP contribution in [0.3, 0.4) is 0 Å². The lowest BCUT2D eigenvalue weighted by Gasteiger charge is -2.34. The number of hydrogen-bond donors (Lipinski definition) is 1. The second-order valence-electron chi connectivity index (χ2n) is 4.62. The van der Waals surface area contributed by atoms with Gasteiger partial charge in [-0.15, -0.1) is 0 Å². The molecule has 18 heavy (non-hydrogen) atoms. The van der Waals surface area contributed by atoms with Crippen molar-refractivity contribution in [3.05, 3.63) is 29.8 Å². The molecule has 0 amide bonds. The van der Waals surface area contributed by atoms with Crippen LogP contribution < -0.4 is 10.2 Å². The maximum absolute atomic E-state index is 12.6. The summed E-state index contributed by atoms with van der Waals surface area (Å²) in [6, 6.07) is 5.92. The lowest BCUT2D eigenvalue weighted by atomic mass is 10.0. The molecular weight excluding hydrogens is 241 g/mol. The third-order valence-electron chi connectivity index (χ3n) is 3.37. The predicted molar refractivity (Wildman–Crippen MR) is 65.7 cm³/mol. The molecule has 5 heteroatoms. The smallest absolute Gasteiger partial charge is 0.370 e. The Balaban J connectivity index is 2.18. The lowest BCUT2D eigenvalue weighted by molar-refractivity contribution is -0.137. The number of likely N-dealkylation sites (N-methyl/N-ethyl adjacent to an activating group) is 1. The molecule has 0 saturated carbocycles. The Bertz CT molecular complexity index is 403. The topological polar surface area (TPSA) is 15.3 Å². The van der Waals surface area contributed by atoms with Gasteiger partial charge in [-0.25, -0.2) is 0 Å². The van der Waals surface area contributed by atoms with E-state index < -0.39 is 11.7 Å². The summed E-state index contributed by atoms with van der Waals surface area (Å²) in [5.74, 6) is 0. The summed E-state index contributed by atoms with van der Waals surface area (Å²) < 4.78 is 37.9. The van der Waals surface area contributed by atoms with Crippen molar-refractivity contribution in [2.45, 2.75) is 25.1 Å². The van der Waals surface area contributed by atoms with Gasteiger partial charge in [0.25, 0.3) is 0 Å². The summed E-state index contributed by atoms with van der Waals surface area (Å²) in [5, 5.41) is 3.18. The SMILES string of the molecule is CNC1CCCN(c2cccc(C(F)(F)F)c2)C1. The number of anilines is 1. The van der Waals surface area contributed by atoms with Crippen LogP contribution in [0.15, 0.2) is 24.3 Å². The van der Waals surface area contributed by atoms with Gasteiger partial charge in [0.1, 0.15) is 0 Å². The summed E-state index contributed by atoms with van der Waals surface area (Å²) in [4.78, 5) is 2.01. The van der Waals surface area contributed by atoms with Crippen molar-refractivity contribution in [1.82, 2.24) is 5.32 Å². The van der Waals surface area contributed by atoms with Crippen LogP contribution in [0, 0.1) is 0 Å². The number of rotatable bonds is 2. The molecular formula is C13H17F3N2. The van der Waals surface area contributed by atoms with E-state index >= 15 is 0 Å². The highest BCUT2D eigenvalue weighted by atomic mass is 19.4. The fourth-order valence-corrected chi connectivity index (χ4v) is 2.33. The van der Waals surface area contributed by atoms with Gasteiger partial charge in [-0.2, -0.15) is 13.2 Å². The Morgan fingerprint density at radius 3 is 2.78 bits per heavy atom. The normalized spacial score (nSPS) is 21.1. The van der Waals surface area contributed by atoms with Crippen LogP contribution in [-0.2, 0) is 6.18 Å². The van der Waals surface area contributed by atoms with Crippen LogP contribution in [0.5, 0.6) is 0 Å². The highest BCUT2D eigenvalue weighted by molar-refractivity contribution is 5.49. The number of hydrogen-bond acceptors (Lipinski definition) is 2. The Morgan fingerprint density at radius 1 is 1.33 bits per heavy atom. The molecule has 0 bridgehead atoms. The average Bonchev–Trinajstić information content (AvgIpc) is 2.38. The molecule has 1 aliphatic rings. The highest BCUT2D eigenvalue weighted by Gasteiger charge is 2.31. The van der Waals surface area contributed by atoms with E-state index in [0.29, 0.717) is 11.7 Å². The lowest BCUT2D eigenvalue weighted by Crippen LogP contribution is -2.44. The minimum absolute atomic E-state index is 0.355. The van der Waals surface area contributed by atoms with Crippen molar-refractivity contribution in [3.8, 4) is 0 Å². The first-order valence-corrected chi connectivity index (χ1v) is 6.10. The van der Waals surface area contributed by atoms with Gasteiger partial charge >= 0.3 is 6.18 Å². The molecule has 2 rings (SSSR count). The van der Waals surface area contributed by atoms with Crippen molar-refractivity contribution >= 4 is 5.69 Å². The molecule has 1 aliphatic heterocycles. The molecule has 1 atom stereocenters. The third kappa shape index (κ3) is 2.96. The molecule has 1 saturated heterocycles. The van der Waals surface area contributed by atoms with Gasteiger partial charge in [0.2, 0.25) is 0 Å². The van der Waals surface area contributed by atoms with Gasteiger partial charge in [-0.1, -0.05) is 6.07 Å². The van der Waals surface area contributed by atoms with Crippen LogP contribution >= 0.6 is 0 Å². The molecule has 0 radical (unpaired) electrons. The van der Waals surface area contributed by atoms with Crippen molar-refractivity contribution in [2.75, 3.05) is 25.0 Å². The average molecular weight is 258 g/mol. The molecule has 1 aromatic rings. The molecule has 0 aliphatic carbocycles. The summed E-state index contributed by atoms with van der Waals surface area (Å²) in [6.07, 6.45) is -2.19. The first-order chi connectivity index (χ1) is 8.50.